The Morgan fingerprint density at radius 3 is 2.47 bits per heavy atom. The Kier molecular flexibility index (Phi) is 1.97. The molecule has 0 aromatic carbocycles. The standard InChI is InChI=1S/C11H6O4/c12-8-2-1-6-3-7(11(14)15)4-10(13)9(6)5-8/h1-5H,(H,14,15). The zero-order valence-electron chi connectivity index (χ0n) is 7.56. The highest BCUT2D eigenvalue weighted by atomic mass is 16.4. The maximum absolute atomic E-state index is 11.5. The van der Waals surface area contributed by atoms with E-state index in [1.807, 2.05) is 0 Å². The Morgan fingerprint density at radius 1 is 1.07 bits per heavy atom. The fourth-order valence-corrected chi connectivity index (χ4v) is 1.43. The van der Waals surface area contributed by atoms with Crippen molar-refractivity contribution < 1.29 is 19.5 Å². The second kappa shape index (κ2) is 3.16. The Morgan fingerprint density at radius 2 is 1.80 bits per heavy atom. The number of aliphatic carboxylic acids is 1. The van der Waals surface area contributed by atoms with Crippen LogP contribution in [0.3, 0.4) is 0 Å². The number of allylic oxidation sites excluding steroid dienone is 6. The Hall–Kier alpha value is -2.23. The van der Waals surface area contributed by atoms with Crippen molar-refractivity contribution in [2.45, 2.75) is 0 Å². The van der Waals surface area contributed by atoms with Crippen molar-refractivity contribution in [1.29, 1.82) is 0 Å². The van der Waals surface area contributed by atoms with Gasteiger partial charge in [0.1, 0.15) is 0 Å². The number of fused-ring (bicyclic) bond motifs is 1. The molecular formula is C11H6O4. The van der Waals surface area contributed by atoms with Crippen LogP contribution in [0.1, 0.15) is 0 Å². The topological polar surface area (TPSA) is 71.4 Å². The van der Waals surface area contributed by atoms with Gasteiger partial charge in [0.2, 0.25) is 0 Å². The predicted octanol–water partition coefficient (Wildman–Crippen LogP) is 0.572. The van der Waals surface area contributed by atoms with Crippen molar-refractivity contribution in [1.82, 2.24) is 0 Å². The highest BCUT2D eigenvalue weighted by Gasteiger charge is 2.22. The third kappa shape index (κ3) is 1.57. The summed E-state index contributed by atoms with van der Waals surface area (Å²) in [4.78, 5) is 33.1. The van der Waals surface area contributed by atoms with Crippen LogP contribution in [0.5, 0.6) is 0 Å². The van der Waals surface area contributed by atoms with Gasteiger partial charge in [0.05, 0.1) is 5.57 Å². The minimum Gasteiger partial charge on any atom is -0.478 e. The largest absolute Gasteiger partial charge is 0.478 e. The summed E-state index contributed by atoms with van der Waals surface area (Å²) in [6.45, 7) is 0. The second-order valence-corrected chi connectivity index (χ2v) is 3.16. The number of rotatable bonds is 1. The molecule has 4 nitrogen and oxygen atoms in total. The quantitative estimate of drug-likeness (QED) is 0.674. The molecule has 0 aromatic rings. The van der Waals surface area contributed by atoms with Crippen molar-refractivity contribution in [2.24, 2.45) is 0 Å². The Labute approximate surface area is 84.9 Å². The van der Waals surface area contributed by atoms with Gasteiger partial charge in [-0.1, -0.05) is 6.08 Å². The van der Waals surface area contributed by atoms with Crippen LogP contribution in [0.25, 0.3) is 0 Å². The summed E-state index contributed by atoms with van der Waals surface area (Å²) in [5.74, 6) is -1.86. The Balaban J connectivity index is 2.51. The molecule has 0 unspecified atom stereocenters. The van der Waals surface area contributed by atoms with Gasteiger partial charge in [0.15, 0.2) is 11.6 Å². The molecule has 0 saturated carbocycles. The first kappa shape index (κ1) is 9.33. The molecule has 0 radical (unpaired) electrons. The molecule has 0 spiro atoms. The van der Waals surface area contributed by atoms with Crippen LogP contribution in [-0.2, 0) is 14.4 Å². The summed E-state index contributed by atoms with van der Waals surface area (Å²) < 4.78 is 0. The van der Waals surface area contributed by atoms with Gasteiger partial charge in [-0.3, -0.25) is 9.59 Å². The average Bonchev–Trinajstić information content (AvgIpc) is 2.18. The van der Waals surface area contributed by atoms with Crippen LogP contribution in [-0.4, -0.2) is 22.6 Å². The molecule has 0 aliphatic heterocycles. The van der Waals surface area contributed by atoms with Crippen LogP contribution in [0.2, 0.25) is 0 Å². The number of carbonyl (C=O) groups excluding carboxylic acids is 2. The van der Waals surface area contributed by atoms with Crippen molar-refractivity contribution in [2.75, 3.05) is 0 Å². The fraction of sp³-hybridized carbons (Fsp3) is 0. The SMILES string of the molecule is O=C1C=CC2=CC(C(=O)O)=CC(=O)C2=C1. The molecular weight excluding hydrogens is 196 g/mol. The summed E-state index contributed by atoms with van der Waals surface area (Å²) in [5.41, 5.74) is 0.665. The summed E-state index contributed by atoms with van der Waals surface area (Å²) in [5, 5.41) is 8.72. The van der Waals surface area contributed by atoms with E-state index >= 15 is 0 Å². The second-order valence-electron chi connectivity index (χ2n) is 3.16. The lowest BCUT2D eigenvalue weighted by molar-refractivity contribution is -0.132. The van der Waals surface area contributed by atoms with Crippen molar-refractivity contribution in [3.05, 3.63) is 47.1 Å². The van der Waals surface area contributed by atoms with E-state index in [1.54, 1.807) is 0 Å². The zero-order chi connectivity index (χ0) is 11.0. The van der Waals surface area contributed by atoms with Crippen molar-refractivity contribution in [3.63, 3.8) is 0 Å². The van der Waals surface area contributed by atoms with Crippen molar-refractivity contribution in [3.8, 4) is 0 Å². The maximum Gasteiger partial charge on any atom is 0.335 e. The highest BCUT2D eigenvalue weighted by Crippen LogP contribution is 2.24. The lowest BCUT2D eigenvalue weighted by atomic mass is 9.89. The summed E-state index contributed by atoms with van der Waals surface area (Å²) >= 11 is 0. The van der Waals surface area contributed by atoms with E-state index in [9.17, 15) is 14.4 Å². The maximum atomic E-state index is 11.5. The number of hydrogen-bond donors (Lipinski definition) is 1. The molecule has 0 heterocycles. The van der Waals surface area contributed by atoms with E-state index in [0.717, 1.165) is 6.08 Å². The van der Waals surface area contributed by atoms with E-state index < -0.39 is 11.8 Å². The van der Waals surface area contributed by atoms with Crippen LogP contribution >= 0.6 is 0 Å². The van der Waals surface area contributed by atoms with Gasteiger partial charge in [-0.2, -0.15) is 0 Å². The normalized spacial score (nSPS) is 19.1. The third-order valence-electron chi connectivity index (χ3n) is 2.13. The molecule has 0 fully saturated rings. The van der Waals surface area contributed by atoms with Gasteiger partial charge < -0.3 is 5.11 Å². The lowest BCUT2D eigenvalue weighted by Gasteiger charge is -2.13. The monoisotopic (exact) mass is 202 g/mol. The van der Waals surface area contributed by atoms with E-state index in [0.29, 0.717) is 5.57 Å². The predicted molar refractivity (Wildman–Crippen MR) is 51.0 cm³/mol. The number of ketones is 2. The first-order chi connectivity index (χ1) is 7.08. The lowest BCUT2D eigenvalue weighted by Crippen LogP contribution is -2.14. The van der Waals surface area contributed by atoms with Gasteiger partial charge in [-0.05, 0) is 23.8 Å². The van der Waals surface area contributed by atoms with Crippen molar-refractivity contribution >= 4 is 17.5 Å². The van der Waals surface area contributed by atoms with Gasteiger partial charge in [0, 0.05) is 11.6 Å². The first-order valence-corrected chi connectivity index (χ1v) is 4.23. The molecule has 74 valence electrons. The number of hydrogen-bond acceptors (Lipinski definition) is 3. The third-order valence-corrected chi connectivity index (χ3v) is 2.13. The Bertz CT molecular complexity index is 501. The average molecular weight is 202 g/mol. The molecule has 15 heavy (non-hydrogen) atoms. The van der Waals surface area contributed by atoms with E-state index in [1.165, 1.54) is 24.3 Å². The van der Waals surface area contributed by atoms with E-state index in [4.69, 9.17) is 5.11 Å². The molecule has 0 aromatic heterocycles. The molecule has 1 N–H and O–H groups in total. The van der Waals surface area contributed by atoms with Gasteiger partial charge >= 0.3 is 5.97 Å². The van der Waals surface area contributed by atoms with Crippen LogP contribution in [0.15, 0.2) is 47.1 Å². The van der Waals surface area contributed by atoms with Gasteiger partial charge in [-0.25, -0.2) is 4.79 Å². The minimum absolute atomic E-state index is 0.0638. The highest BCUT2D eigenvalue weighted by molar-refractivity contribution is 6.19. The zero-order valence-corrected chi connectivity index (χ0v) is 7.56. The fourth-order valence-electron chi connectivity index (χ4n) is 1.43. The number of carbonyl (C=O) groups is 3. The summed E-state index contributed by atoms with van der Waals surface area (Å²) in [6, 6.07) is 0. The molecule has 0 bridgehead atoms. The van der Waals surface area contributed by atoms with Crippen LogP contribution < -0.4 is 0 Å². The number of carboxylic acids is 1. The molecule has 4 heteroatoms. The van der Waals surface area contributed by atoms with Crippen LogP contribution in [0, 0.1) is 0 Å². The minimum atomic E-state index is -1.15. The molecule has 2 aliphatic rings. The molecule has 2 rings (SSSR count). The summed E-state index contributed by atoms with van der Waals surface area (Å²) in [6.07, 6.45) is 6.35. The summed E-state index contributed by atoms with van der Waals surface area (Å²) in [7, 11) is 0. The molecule has 0 amide bonds. The van der Waals surface area contributed by atoms with E-state index in [-0.39, 0.29) is 16.9 Å². The molecule has 0 atom stereocenters. The van der Waals surface area contributed by atoms with Crippen LogP contribution in [0.4, 0.5) is 0 Å². The van der Waals surface area contributed by atoms with Gasteiger partial charge in [-0.15, -0.1) is 0 Å². The first-order valence-electron chi connectivity index (χ1n) is 4.23. The van der Waals surface area contributed by atoms with E-state index in [2.05, 4.69) is 0 Å². The molecule has 0 saturated heterocycles. The smallest absolute Gasteiger partial charge is 0.335 e. The molecule has 2 aliphatic carbocycles. The number of carboxylic acid groups (broad SMARTS) is 1. The van der Waals surface area contributed by atoms with Gasteiger partial charge in [0.25, 0.3) is 0 Å².